The molecule has 0 aromatic rings. The van der Waals surface area contributed by atoms with Crippen molar-refractivity contribution in [1.82, 2.24) is 0 Å². The number of aliphatic hydroxyl groups is 1. The zero-order valence-electron chi connectivity index (χ0n) is 57.3. The number of unbranched alkanes of at least 4 members (excludes halogenated alkanes) is 31. The Balaban J connectivity index is 5.21. The molecule has 0 aromatic heterocycles. The summed E-state index contributed by atoms with van der Waals surface area (Å²) in [6, 6.07) is 0. The molecule has 3 N–H and O–H groups in total. The first-order chi connectivity index (χ1) is 42.1. The summed E-state index contributed by atoms with van der Waals surface area (Å²) in [5.41, 5.74) is 0. The number of carbonyl (C=O) groups excluding carboxylic acids is 4. The molecule has 0 aliphatic carbocycles. The fraction of sp³-hybridized carbons (Fsp3) is 0.942. The molecule has 0 aliphatic rings. The van der Waals surface area contributed by atoms with Gasteiger partial charge in [0.25, 0.3) is 0 Å². The van der Waals surface area contributed by atoms with Crippen molar-refractivity contribution in [2.75, 3.05) is 39.6 Å². The van der Waals surface area contributed by atoms with Gasteiger partial charge in [-0.05, 0) is 49.4 Å². The highest BCUT2D eigenvalue weighted by molar-refractivity contribution is 7.47. The van der Waals surface area contributed by atoms with E-state index in [0.717, 1.165) is 108 Å². The SMILES string of the molecule is CCC(C)CCCCCCCCCCC(=O)OC[C@H](COP(=O)(O)OC[C@@H](O)COP(=O)(O)OC[C@@H](COC(=O)CCCCCCCCC(C)C)OC(=O)CCCCCCCCCCCCCCCCC(C)C)OC(=O)CCCCCCCCCC(C)C. The van der Waals surface area contributed by atoms with Crippen molar-refractivity contribution >= 4 is 39.5 Å². The Morgan fingerprint density at radius 2 is 0.545 bits per heavy atom. The Morgan fingerprint density at radius 1 is 0.318 bits per heavy atom. The third-order valence-electron chi connectivity index (χ3n) is 16.2. The molecule has 19 heteroatoms. The summed E-state index contributed by atoms with van der Waals surface area (Å²) in [6.45, 7) is 14.0. The smallest absolute Gasteiger partial charge is 0.462 e. The largest absolute Gasteiger partial charge is 0.472 e. The molecule has 522 valence electrons. The van der Waals surface area contributed by atoms with Crippen LogP contribution < -0.4 is 0 Å². The predicted octanol–water partition coefficient (Wildman–Crippen LogP) is 19.3. The minimum Gasteiger partial charge on any atom is -0.462 e. The Hall–Kier alpha value is -1.94. The molecule has 0 saturated heterocycles. The quantitative estimate of drug-likeness (QED) is 0.0222. The van der Waals surface area contributed by atoms with Crippen LogP contribution in [0.2, 0.25) is 0 Å². The number of esters is 4. The standard InChI is InChI=1S/C69H134O17P2/c1-9-62(8)48-40-32-23-18-19-24-33-41-49-66(71)79-55-64(86-69(74)52-44-36-26-20-22-30-38-46-60(4)5)57-83-87(75,76)81-53-63(70)54-82-88(77,78)84-58-65(56-80-67(72)50-42-34-28-27-31-39-47-61(6)7)85-68(73)51-43-35-25-17-15-13-11-10-12-14-16-21-29-37-45-59(2)3/h59-65,70H,9-58H2,1-8H3,(H,75,76)(H,77,78)/t62?,63-,64-,65-/m1/s1. The molecule has 0 heterocycles. The van der Waals surface area contributed by atoms with Gasteiger partial charge in [-0.2, -0.15) is 0 Å². The molecule has 88 heavy (non-hydrogen) atoms. The lowest BCUT2D eigenvalue weighted by molar-refractivity contribution is -0.161. The molecule has 17 nitrogen and oxygen atoms in total. The lowest BCUT2D eigenvalue weighted by Crippen LogP contribution is -2.30. The van der Waals surface area contributed by atoms with E-state index in [1.54, 1.807) is 0 Å². The first-order valence-corrected chi connectivity index (χ1v) is 38.7. The third-order valence-corrected chi connectivity index (χ3v) is 18.1. The van der Waals surface area contributed by atoms with Crippen LogP contribution in [0.1, 0.15) is 338 Å². The van der Waals surface area contributed by atoms with Gasteiger partial charge >= 0.3 is 39.5 Å². The highest BCUT2D eigenvalue weighted by Crippen LogP contribution is 2.45. The summed E-state index contributed by atoms with van der Waals surface area (Å²) < 4.78 is 68.2. The van der Waals surface area contributed by atoms with Crippen LogP contribution in [0, 0.1) is 23.7 Å². The molecule has 0 amide bonds. The molecule has 0 bridgehead atoms. The lowest BCUT2D eigenvalue weighted by Gasteiger charge is -2.21. The fourth-order valence-corrected chi connectivity index (χ4v) is 11.9. The maximum absolute atomic E-state index is 13.0. The van der Waals surface area contributed by atoms with E-state index in [1.165, 1.54) is 135 Å². The number of phosphoric ester groups is 2. The number of phosphoric acid groups is 2. The fourth-order valence-electron chi connectivity index (χ4n) is 10.3. The summed E-state index contributed by atoms with van der Waals surface area (Å²) in [6.07, 6.45) is 40.5. The average Bonchev–Trinajstić information content (AvgIpc) is 3.41. The normalized spacial score (nSPS) is 14.6. The molecule has 0 fully saturated rings. The molecular formula is C69H134O17P2. The molecule has 0 rings (SSSR count). The second-order valence-electron chi connectivity index (χ2n) is 26.6. The van der Waals surface area contributed by atoms with Crippen molar-refractivity contribution in [3.63, 3.8) is 0 Å². The maximum Gasteiger partial charge on any atom is 0.472 e. The topological polar surface area (TPSA) is 237 Å². The number of ether oxygens (including phenoxy) is 4. The zero-order valence-corrected chi connectivity index (χ0v) is 59.1. The number of carbonyl (C=O) groups is 4. The maximum atomic E-state index is 13.0. The van der Waals surface area contributed by atoms with E-state index in [4.69, 9.17) is 37.0 Å². The highest BCUT2D eigenvalue weighted by Gasteiger charge is 2.30. The van der Waals surface area contributed by atoms with Gasteiger partial charge in [0.05, 0.1) is 26.4 Å². The van der Waals surface area contributed by atoms with Gasteiger partial charge in [0, 0.05) is 25.7 Å². The van der Waals surface area contributed by atoms with Gasteiger partial charge in [0.1, 0.15) is 19.3 Å². The van der Waals surface area contributed by atoms with Crippen LogP contribution in [0.4, 0.5) is 0 Å². The molecule has 0 spiro atoms. The lowest BCUT2D eigenvalue weighted by atomic mass is 9.99. The van der Waals surface area contributed by atoms with E-state index in [1.807, 2.05) is 0 Å². The van der Waals surface area contributed by atoms with Crippen molar-refractivity contribution in [2.45, 2.75) is 356 Å². The number of hydrogen-bond acceptors (Lipinski definition) is 15. The highest BCUT2D eigenvalue weighted by atomic mass is 31.2. The predicted molar refractivity (Wildman–Crippen MR) is 354 cm³/mol. The van der Waals surface area contributed by atoms with Crippen molar-refractivity contribution in [3.8, 4) is 0 Å². The summed E-state index contributed by atoms with van der Waals surface area (Å²) in [5.74, 6) is 0.813. The van der Waals surface area contributed by atoms with Gasteiger partial charge < -0.3 is 33.8 Å². The van der Waals surface area contributed by atoms with Crippen LogP contribution in [0.25, 0.3) is 0 Å². The number of aliphatic hydroxyl groups excluding tert-OH is 1. The summed E-state index contributed by atoms with van der Waals surface area (Å²) in [7, 11) is -9.90. The molecule has 0 aliphatic heterocycles. The number of hydrogen-bond donors (Lipinski definition) is 3. The van der Waals surface area contributed by atoms with Crippen LogP contribution in [-0.2, 0) is 65.4 Å². The number of rotatable bonds is 66. The van der Waals surface area contributed by atoms with Gasteiger partial charge in [-0.1, -0.05) is 287 Å². The monoisotopic (exact) mass is 1300 g/mol. The van der Waals surface area contributed by atoms with Crippen molar-refractivity contribution in [3.05, 3.63) is 0 Å². The van der Waals surface area contributed by atoms with E-state index < -0.39 is 97.5 Å². The summed E-state index contributed by atoms with van der Waals surface area (Å²) >= 11 is 0. The summed E-state index contributed by atoms with van der Waals surface area (Å²) in [5, 5.41) is 10.6. The van der Waals surface area contributed by atoms with Gasteiger partial charge in [0.2, 0.25) is 0 Å². The van der Waals surface area contributed by atoms with E-state index in [9.17, 15) is 43.2 Å². The van der Waals surface area contributed by atoms with Crippen LogP contribution in [0.15, 0.2) is 0 Å². The van der Waals surface area contributed by atoms with Crippen molar-refractivity contribution < 1.29 is 80.2 Å². The Bertz CT molecular complexity index is 1750. The van der Waals surface area contributed by atoms with Gasteiger partial charge in [0.15, 0.2) is 12.2 Å². The molecule has 3 unspecified atom stereocenters. The van der Waals surface area contributed by atoms with E-state index in [2.05, 4.69) is 55.4 Å². The molecule has 6 atom stereocenters. The van der Waals surface area contributed by atoms with E-state index in [0.29, 0.717) is 37.5 Å². The van der Waals surface area contributed by atoms with Gasteiger partial charge in [-0.25, -0.2) is 9.13 Å². The zero-order chi connectivity index (χ0) is 65.4. The first kappa shape index (κ1) is 86.1. The first-order valence-electron chi connectivity index (χ1n) is 35.7. The van der Waals surface area contributed by atoms with Gasteiger partial charge in [-0.3, -0.25) is 37.3 Å². The molecule has 0 radical (unpaired) electrons. The van der Waals surface area contributed by atoms with Crippen LogP contribution >= 0.6 is 15.6 Å². The summed E-state index contributed by atoms with van der Waals surface area (Å²) in [4.78, 5) is 72.4. The minimum absolute atomic E-state index is 0.102. The van der Waals surface area contributed by atoms with Crippen LogP contribution in [-0.4, -0.2) is 96.7 Å². The van der Waals surface area contributed by atoms with Crippen molar-refractivity contribution in [1.29, 1.82) is 0 Å². The van der Waals surface area contributed by atoms with E-state index >= 15 is 0 Å². The molecular weight excluding hydrogens is 1160 g/mol. The average molecular weight is 1300 g/mol. The van der Waals surface area contributed by atoms with Crippen LogP contribution in [0.3, 0.4) is 0 Å². The molecule has 0 saturated carbocycles. The van der Waals surface area contributed by atoms with E-state index in [-0.39, 0.29) is 25.7 Å². The van der Waals surface area contributed by atoms with Crippen molar-refractivity contribution in [2.24, 2.45) is 23.7 Å². The second-order valence-corrected chi connectivity index (χ2v) is 29.5. The van der Waals surface area contributed by atoms with Crippen LogP contribution in [0.5, 0.6) is 0 Å². The Morgan fingerprint density at radius 3 is 0.807 bits per heavy atom. The Kier molecular flexibility index (Phi) is 57.6. The van der Waals surface area contributed by atoms with Gasteiger partial charge in [-0.15, -0.1) is 0 Å². The Labute approximate surface area is 537 Å². The third kappa shape index (κ3) is 61.6. The minimum atomic E-state index is -4.95. The second kappa shape index (κ2) is 58.8. The molecule has 0 aromatic carbocycles.